The molecule has 2 atom stereocenters. The lowest BCUT2D eigenvalue weighted by molar-refractivity contribution is 0.247. The monoisotopic (exact) mass is 292 g/mol. The van der Waals surface area contributed by atoms with Gasteiger partial charge in [-0.1, -0.05) is 6.07 Å². The Hall–Kier alpha value is -1.26. The summed E-state index contributed by atoms with van der Waals surface area (Å²) in [6.45, 7) is 7.99. The van der Waals surface area contributed by atoms with Crippen LogP contribution >= 0.6 is 0 Å². The number of hydrogen-bond donors (Lipinski definition) is 1. The van der Waals surface area contributed by atoms with Crippen molar-refractivity contribution in [1.82, 2.24) is 10.2 Å². The molecule has 1 fully saturated rings. The zero-order valence-electron chi connectivity index (χ0n) is 13.7. The molecule has 1 aromatic rings. The molecule has 1 aliphatic heterocycles. The maximum Gasteiger partial charge on any atom is 0.161 e. The van der Waals surface area contributed by atoms with Crippen LogP contribution in [0.5, 0.6) is 11.5 Å². The fraction of sp³-hybridized carbons (Fsp3) is 0.647. The Kier molecular flexibility index (Phi) is 5.88. The average Bonchev–Trinajstić information content (AvgIpc) is 3.06. The lowest BCUT2D eigenvalue weighted by atomic mass is 10.1. The molecule has 0 aromatic heterocycles. The number of benzene rings is 1. The molecule has 0 amide bonds. The van der Waals surface area contributed by atoms with Crippen molar-refractivity contribution in [1.29, 1.82) is 0 Å². The number of ether oxygens (including phenoxy) is 2. The lowest BCUT2D eigenvalue weighted by Gasteiger charge is -2.26. The second kappa shape index (κ2) is 7.66. The zero-order valence-corrected chi connectivity index (χ0v) is 13.7. The Morgan fingerprint density at radius 1 is 1.10 bits per heavy atom. The second-order valence-electron chi connectivity index (χ2n) is 5.84. The Labute approximate surface area is 128 Å². The van der Waals surface area contributed by atoms with Crippen LogP contribution in [0.2, 0.25) is 0 Å². The molecule has 4 heteroatoms. The van der Waals surface area contributed by atoms with Gasteiger partial charge in [0.05, 0.1) is 14.2 Å². The van der Waals surface area contributed by atoms with E-state index in [0.717, 1.165) is 18.0 Å². The fourth-order valence-corrected chi connectivity index (χ4v) is 2.90. The number of rotatable bonds is 7. The normalized spacial score (nSPS) is 18.5. The highest BCUT2D eigenvalue weighted by atomic mass is 16.5. The third-order valence-electron chi connectivity index (χ3n) is 4.39. The molecule has 1 aromatic carbocycles. The quantitative estimate of drug-likeness (QED) is 0.838. The molecule has 1 aliphatic rings. The molecule has 0 radical (unpaired) electrons. The van der Waals surface area contributed by atoms with Crippen LogP contribution in [0.3, 0.4) is 0 Å². The fourth-order valence-electron chi connectivity index (χ4n) is 2.90. The van der Waals surface area contributed by atoms with Crippen molar-refractivity contribution in [2.24, 2.45) is 0 Å². The van der Waals surface area contributed by atoms with Crippen LogP contribution in [-0.4, -0.2) is 44.8 Å². The minimum absolute atomic E-state index is 0.301. The van der Waals surface area contributed by atoms with E-state index >= 15 is 0 Å². The van der Waals surface area contributed by atoms with Crippen LogP contribution in [-0.2, 0) is 0 Å². The van der Waals surface area contributed by atoms with Crippen molar-refractivity contribution in [3.63, 3.8) is 0 Å². The van der Waals surface area contributed by atoms with Gasteiger partial charge in [0.25, 0.3) is 0 Å². The largest absolute Gasteiger partial charge is 0.493 e. The van der Waals surface area contributed by atoms with Crippen molar-refractivity contribution < 1.29 is 9.47 Å². The lowest BCUT2D eigenvalue weighted by Crippen LogP contribution is -2.39. The third-order valence-corrected chi connectivity index (χ3v) is 4.39. The number of nitrogens with zero attached hydrogens (tertiary/aromatic N) is 1. The van der Waals surface area contributed by atoms with Gasteiger partial charge in [-0.3, -0.25) is 4.90 Å². The summed E-state index contributed by atoms with van der Waals surface area (Å²) in [5.74, 6) is 1.56. The van der Waals surface area contributed by atoms with E-state index in [0.29, 0.717) is 12.1 Å². The van der Waals surface area contributed by atoms with Gasteiger partial charge in [0, 0.05) is 18.6 Å². The summed E-state index contributed by atoms with van der Waals surface area (Å²) >= 11 is 0. The number of likely N-dealkylation sites (tertiary alicyclic amines) is 1. The average molecular weight is 292 g/mol. The smallest absolute Gasteiger partial charge is 0.161 e. The number of nitrogens with one attached hydrogen (secondary N) is 1. The maximum atomic E-state index is 5.37. The summed E-state index contributed by atoms with van der Waals surface area (Å²) in [6, 6.07) is 7.01. The van der Waals surface area contributed by atoms with Crippen LogP contribution in [0, 0.1) is 0 Å². The van der Waals surface area contributed by atoms with E-state index in [-0.39, 0.29) is 0 Å². The van der Waals surface area contributed by atoms with Gasteiger partial charge in [-0.2, -0.15) is 0 Å². The summed E-state index contributed by atoms with van der Waals surface area (Å²) in [5.41, 5.74) is 1.22. The van der Waals surface area contributed by atoms with Gasteiger partial charge in [0.15, 0.2) is 11.5 Å². The first-order chi connectivity index (χ1) is 10.2. The first-order valence-corrected chi connectivity index (χ1v) is 7.85. The van der Waals surface area contributed by atoms with E-state index < -0.39 is 0 Å². The SMILES string of the molecule is COc1ccc(C(C)NCC(C)N2CCCC2)cc1OC. The van der Waals surface area contributed by atoms with Gasteiger partial charge in [-0.25, -0.2) is 0 Å². The molecule has 1 heterocycles. The van der Waals surface area contributed by atoms with Gasteiger partial charge in [0.2, 0.25) is 0 Å². The van der Waals surface area contributed by atoms with Gasteiger partial charge in [-0.05, 0) is 57.5 Å². The molecule has 0 bridgehead atoms. The predicted octanol–water partition coefficient (Wildman–Crippen LogP) is 2.84. The Bertz CT molecular complexity index is 444. The molecule has 21 heavy (non-hydrogen) atoms. The molecule has 1 saturated heterocycles. The van der Waals surface area contributed by atoms with Crippen LogP contribution in [0.1, 0.15) is 38.3 Å². The van der Waals surface area contributed by atoms with Crippen LogP contribution < -0.4 is 14.8 Å². The summed E-state index contributed by atoms with van der Waals surface area (Å²) in [7, 11) is 3.34. The molecule has 0 spiro atoms. The molecule has 118 valence electrons. The molecule has 2 unspecified atom stereocenters. The highest BCUT2D eigenvalue weighted by Gasteiger charge is 2.18. The van der Waals surface area contributed by atoms with Crippen LogP contribution in [0.25, 0.3) is 0 Å². The number of hydrogen-bond acceptors (Lipinski definition) is 4. The molecular weight excluding hydrogens is 264 g/mol. The van der Waals surface area contributed by atoms with Gasteiger partial charge >= 0.3 is 0 Å². The minimum Gasteiger partial charge on any atom is -0.493 e. The van der Waals surface area contributed by atoms with Crippen LogP contribution in [0.4, 0.5) is 0 Å². The topological polar surface area (TPSA) is 33.7 Å². The van der Waals surface area contributed by atoms with E-state index in [4.69, 9.17) is 9.47 Å². The molecular formula is C17H28N2O2. The standard InChI is InChI=1S/C17H28N2O2/c1-13(19-9-5-6-10-19)12-18-14(2)15-7-8-16(20-3)17(11-15)21-4/h7-8,11,13-14,18H,5-6,9-10,12H2,1-4H3. The summed E-state index contributed by atoms with van der Waals surface area (Å²) in [5, 5.41) is 3.63. The first-order valence-electron chi connectivity index (χ1n) is 7.85. The Morgan fingerprint density at radius 2 is 1.76 bits per heavy atom. The predicted molar refractivity (Wildman–Crippen MR) is 86.2 cm³/mol. The summed E-state index contributed by atoms with van der Waals surface area (Å²) in [4.78, 5) is 2.56. The number of methoxy groups -OCH3 is 2. The first kappa shape index (κ1) is 16.1. The maximum absolute atomic E-state index is 5.37. The second-order valence-corrected chi connectivity index (χ2v) is 5.84. The molecule has 1 N–H and O–H groups in total. The van der Waals surface area contributed by atoms with Gasteiger partial charge in [-0.15, -0.1) is 0 Å². The van der Waals surface area contributed by atoms with E-state index in [2.05, 4.69) is 36.2 Å². The van der Waals surface area contributed by atoms with Crippen molar-refractivity contribution in [3.8, 4) is 11.5 Å². The Balaban J connectivity index is 1.91. The zero-order chi connectivity index (χ0) is 15.2. The summed E-state index contributed by atoms with van der Waals surface area (Å²) in [6.07, 6.45) is 2.69. The van der Waals surface area contributed by atoms with Gasteiger partial charge < -0.3 is 14.8 Å². The molecule has 2 rings (SSSR count). The molecule has 0 aliphatic carbocycles. The minimum atomic E-state index is 0.301. The van der Waals surface area contributed by atoms with E-state index in [9.17, 15) is 0 Å². The van der Waals surface area contributed by atoms with Gasteiger partial charge in [0.1, 0.15) is 0 Å². The van der Waals surface area contributed by atoms with E-state index in [1.54, 1.807) is 14.2 Å². The van der Waals surface area contributed by atoms with Crippen molar-refractivity contribution in [3.05, 3.63) is 23.8 Å². The van der Waals surface area contributed by atoms with Crippen LogP contribution in [0.15, 0.2) is 18.2 Å². The Morgan fingerprint density at radius 3 is 2.38 bits per heavy atom. The third kappa shape index (κ3) is 4.11. The van der Waals surface area contributed by atoms with E-state index in [1.807, 2.05) is 6.07 Å². The summed E-state index contributed by atoms with van der Waals surface area (Å²) < 4.78 is 10.7. The molecule has 4 nitrogen and oxygen atoms in total. The van der Waals surface area contributed by atoms with Crippen molar-refractivity contribution >= 4 is 0 Å². The highest BCUT2D eigenvalue weighted by Crippen LogP contribution is 2.29. The van der Waals surface area contributed by atoms with Crippen molar-refractivity contribution in [2.45, 2.75) is 38.8 Å². The molecule has 0 saturated carbocycles. The van der Waals surface area contributed by atoms with Crippen molar-refractivity contribution in [2.75, 3.05) is 33.9 Å². The highest BCUT2D eigenvalue weighted by molar-refractivity contribution is 5.43. The van der Waals surface area contributed by atoms with E-state index in [1.165, 1.54) is 31.5 Å².